The van der Waals surface area contributed by atoms with Crippen molar-refractivity contribution in [1.82, 2.24) is 4.98 Å². The van der Waals surface area contributed by atoms with Gasteiger partial charge in [-0.05, 0) is 37.8 Å². The standard InChI is InChI=1S/C15H15BrN2O2S/c1-20-12-7-10(16)6-9(14(12)19)8-17-15-18-11-4-2-3-5-13(11)21-15/h6-8,19H,2-5H2,1H3. The van der Waals surface area contributed by atoms with Crippen LogP contribution in [0.3, 0.4) is 0 Å². The van der Waals surface area contributed by atoms with E-state index >= 15 is 0 Å². The Bertz CT molecular complexity index is 674. The van der Waals surface area contributed by atoms with Crippen LogP contribution >= 0.6 is 27.3 Å². The minimum absolute atomic E-state index is 0.0887. The van der Waals surface area contributed by atoms with Gasteiger partial charge in [-0.2, -0.15) is 0 Å². The van der Waals surface area contributed by atoms with Crippen molar-refractivity contribution in [2.75, 3.05) is 7.11 Å². The molecule has 0 aliphatic heterocycles. The Hall–Kier alpha value is -1.40. The number of phenolic OH excluding ortho intramolecular Hbond substituents is 1. The number of aromatic nitrogens is 1. The van der Waals surface area contributed by atoms with E-state index < -0.39 is 0 Å². The number of nitrogens with zero attached hydrogens (tertiary/aromatic N) is 2. The number of methoxy groups -OCH3 is 1. The van der Waals surface area contributed by atoms with Gasteiger partial charge in [0.1, 0.15) is 0 Å². The number of halogens is 1. The van der Waals surface area contributed by atoms with Crippen molar-refractivity contribution in [3.63, 3.8) is 0 Å². The molecule has 6 heteroatoms. The summed E-state index contributed by atoms with van der Waals surface area (Å²) >= 11 is 5.04. The lowest BCUT2D eigenvalue weighted by molar-refractivity contribution is 0.373. The molecule has 0 saturated carbocycles. The van der Waals surface area contributed by atoms with Crippen molar-refractivity contribution in [3.05, 3.63) is 32.7 Å². The van der Waals surface area contributed by atoms with Crippen LogP contribution in [0.2, 0.25) is 0 Å². The predicted octanol–water partition coefficient (Wildman–Crippen LogP) is 4.25. The fraction of sp³-hybridized carbons (Fsp3) is 0.333. The number of thiazole rings is 1. The number of benzene rings is 1. The van der Waals surface area contributed by atoms with E-state index in [2.05, 4.69) is 25.9 Å². The van der Waals surface area contributed by atoms with E-state index in [9.17, 15) is 5.11 Å². The summed E-state index contributed by atoms with van der Waals surface area (Å²) < 4.78 is 5.96. The lowest BCUT2D eigenvalue weighted by atomic mass is 10.0. The highest BCUT2D eigenvalue weighted by atomic mass is 79.9. The molecule has 1 aliphatic rings. The van der Waals surface area contributed by atoms with Crippen LogP contribution < -0.4 is 4.74 Å². The van der Waals surface area contributed by atoms with E-state index in [1.54, 1.807) is 29.7 Å². The SMILES string of the molecule is COc1cc(Br)cc(C=Nc2nc3c(s2)CCCC3)c1O. The summed E-state index contributed by atoms with van der Waals surface area (Å²) in [6.45, 7) is 0. The van der Waals surface area contributed by atoms with Gasteiger partial charge in [0.2, 0.25) is 5.13 Å². The topological polar surface area (TPSA) is 54.7 Å². The molecule has 0 atom stereocenters. The number of rotatable bonds is 3. The molecule has 1 aromatic heterocycles. The summed E-state index contributed by atoms with van der Waals surface area (Å²) in [6, 6.07) is 3.52. The van der Waals surface area contributed by atoms with Gasteiger partial charge in [-0.15, -0.1) is 0 Å². The first-order chi connectivity index (χ1) is 10.2. The molecule has 0 spiro atoms. The zero-order chi connectivity index (χ0) is 14.8. The van der Waals surface area contributed by atoms with Gasteiger partial charge in [0, 0.05) is 21.1 Å². The molecule has 21 heavy (non-hydrogen) atoms. The number of aromatic hydroxyl groups is 1. The van der Waals surface area contributed by atoms with Gasteiger partial charge in [0.05, 0.1) is 12.8 Å². The third kappa shape index (κ3) is 3.11. The van der Waals surface area contributed by atoms with Crippen molar-refractivity contribution in [2.24, 2.45) is 4.99 Å². The molecule has 0 amide bonds. The summed E-state index contributed by atoms with van der Waals surface area (Å²) in [5.74, 6) is 0.509. The maximum atomic E-state index is 10.1. The lowest BCUT2D eigenvalue weighted by Gasteiger charge is -2.06. The molecule has 0 saturated heterocycles. The zero-order valence-electron chi connectivity index (χ0n) is 11.6. The summed E-state index contributed by atoms with van der Waals surface area (Å²) in [5, 5.41) is 10.8. The van der Waals surface area contributed by atoms with E-state index in [4.69, 9.17) is 4.74 Å². The quantitative estimate of drug-likeness (QED) is 0.826. The molecule has 4 nitrogen and oxygen atoms in total. The highest BCUT2D eigenvalue weighted by Gasteiger charge is 2.14. The van der Waals surface area contributed by atoms with Gasteiger partial charge < -0.3 is 9.84 Å². The summed E-state index contributed by atoms with van der Waals surface area (Å²) in [6.07, 6.45) is 6.24. The molecule has 1 N–H and O–H groups in total. The first kappa shape index (κ1) is 14.5. The van der Waals surface area contributed by atoms with Crippen LogP contribution in [-0.4, -0.2) is 23.4 Å². The Kier molecular flexibility index (Phi) is 4.26. The molecular formula is C15H15BrN2O2S. The van der Waals surface area contributed by atoms with Gasteiger partial charge in [-0.1, -0.05) is 27.3 Å². The van der Waals surface area contributed by atoms with Crippen molar-refractivity contribution in [1.29, 1.82) is 0 Å². The van der Waals surface area contributed by atoms with Crippen LogP contribution in [0.1, 0.15) is 29.0 Å². The first-order valence-electron chi connectivity index (χ1n) is 6.76. The molecule has 1 aromatic carbocycles. The van der Waals surface area contributed by atoms with E-state index in [0.717, 1.165) is 22.4 Å². The van der Waals surface area contributed by atoms with Crippen molar-refractivity contribution in [2.45, 2.75) is 25.7 Å². The Morgan fingerprint density at radius 2 is 2.19 bits per heavy atom. The van der Waals surface area contributed by atoms with Gasteiger partial charge >= 0.3 is 0 Å². The average molecular weight is 367 g/mol. The Labute approximate surface area is 135 Å². The molecule has 0 bridgehead atoms. The van der Waals surface area contributed by atoms with E-state index in [0.29, 0.717) is 11.3 Å². The molecule has 110 valence electrons. The minimum Gasteiger partial charge on any atom is -0.504 e. The lowest BCUT2D eigenvalue weighted by Crippen LogP contribution is -1.98. The Balaban J connectivity index is 1.89. The van der Waals surface area contributed by atoms with Crippen molar-refractivity contribution in [3.8, 4) is 11.5 Å². The van der Waals surface area contributed by atoms with E-state index in [1.165, 1.54) is 30.5 Å². The van der Waals surface area contributed by atoms with E-state index in [-0.39, 0.29) is 5.75 Å². The summed E-state index contributed by atoms with van der Waals surface area (Å²) in [5.41, 5.74) is 1.80. The third-order valence-corrected chi connectivity index (χ3v) is 4.96. The fourth-order valence-corrected chi connectivity index (χ4v) is 3.81. The van der Waals surface area contributed by atoms with Crippen LogP contribution in [0.15, 0.2) is 21.6 Å². The van der Waals surface area contributed by atoms with Crippen molar-refractivity contribution >= 4 is 38.6 Å². The Morgan fingerprint density at radius 3 is 2.95 bits per heavy atom. The van der Waals surface area contributed by atoms with Crippen LogP contribution in [0, 0.1) is 0 Å². The number of aliphatic imine (C=N–C) groups is 1. The maximum absolute atomic E-state index is 10.1. The first-order valence-corrected chi connectivity index (χ1v) is 8.37. The monoisotopic (exact) mass is 366 g/mol. The number of ether oxygens (including phenoxy) is 1. The molecule has 2 aromatic rings. The maximum Gasteiger partial charge on any atom is 0.209 e. The second kappa shape index (κ2) is 6.15. The number of phenols is 1. The molecule has 0 unspecified atom stereocenters. The number of fused-ring (bicyclic) bond motifs is 1. The largest absolute Gasteiger partial charge is 0.504 e. The molecular weight excluding hydrogens is 352 g/mol. The van der Waals surface area contributed by atoms with Crippen molar-refractivity contribution < 1.29 is 9.84 Å². The number of hydrogen-bond donors (Lipinski definition) is 1. The van der Waals surface area contributed by atoms with Gasteiger partial charge in [0.25, 0.3) is 0 Å². The molecule has 0 fully saturated rings. The molecule has 1 heterocycles. The summed E-state index contributed by atoms with van der Waals surface area (Å²) in [7, 11) is 1.53. The van der Waals surface area contributed by atoms with Gasteiger partial charge in [-0.25, -0.2) is 9.98 Å². The average Bonchev–Trinajstić information content (AvgIpc) is 2.90. The molecule has 3 rings (SSSR count). The number of hydrogen-bond acceptors (Lipinski definition) is 5. The van der Waals surface area contributed by atoms with Gasteiger partial charge in [-0.3, -0.25) is 0 Å². The van der Waals surface area contributed by atoms with Crippen LogP contribution in [0.4, 0.5) is 5.13 Å². The normalized spacial score (nSPS) is 14.4. The van der Waals surface area contributed by atoms with Crippen LogP contribution in [0.25, 0.3) is 0 Å². The highest BCUT2D eigenvalue weighted by molar-refractivity contribution is 9.10. The molecule has 1 aliphatic carbocycles. The van der Waals surface area contributed by atoms with Crippen LogP contribution in [0.5, 0.6) is 11.5 Å². The molecule has 0 radical (unpaired) electrons. The fourth-order valence-electron chi connectivity index (χ4n) is 2.37. The zero-order valence-corrected chi connectivity index (χ0v) is 14.0. The second-order valence-corrected chi connectivity index (χ2v) is 6.86. The van der Waals surface area contributed by atoms with E-state index in [1.807, 2.05) is 0 Å². The number of aryl methyl sites for hydroxylation is 2. The smallest absolute Gasteiger partial charge is 0.209 e. The predicted molar refractivity (Wildman–Crippen MR) is 88.4 cm³/mol. The van der Waals surface area contributed by atoms with Crippen LogP contribution in [-0.2, 0) is 12.8 Å². The minimum atomic E-state index is 0.0887. The second-order valence-electron chi connectivity index (χ2n) is 4.88. The third-order valence-electron chi connectivity index (χ3n) is 3.44. The highest BCUT2D eigenvalue weighted by Crippen LogP contribution is 2.34. The summed E-state index contributed by atoms with van der Waals surface area (Å²) in [4.78, 5) is 10.3. The Morgan fingerprint density at radius 1 is 1.38 bits per heavy atom. The van der Waals surface area contributed by atoms with Gasteiger partial charge in [0.15, 0.2) is 11.5 Å².